The van der Waals surface area contributed by atoms with Crippen molar-refractivity contribution in [1.29, 1.82) is 0 Å². The summed E-state index contributed by atoms with van der Waals surface area (Å²) in [5.41, 5.74) is 28.9. The summed E-state index contributed by atoms with van der Waals surface area (Å²) in [6, 6.07) is 49.8. The van der Waals surface area contributed by atoms with E-state index in [1.54, 1.807) is 87.5 Å². The van der Waals surface area contributed by atoms with Crippen molar-refractivity contribution in [3.8, 4) is 0 Å². The fraction of sp³-hybridized carbons (Fsp3) is 0.632. The highest BCUT2D eigenvalue weighted by Crippen LogP contribution is 2.66. The van der Waals surface area contributed by atoms with Gasteiger partial charge in [-0.2, -0.15) is 0 Å². The van der Waals surface area contributed by atoms with E-state index < -0.39 is 31.6 Å². The summed E-state index contributed by atoms with van der Waals surface area (Å²) in [6.07, 6.45) is 28.7. The molecule has 8 aliphatic carbocycles. The first-order valence-electron chi connectivity index (χ1n) is 49.1. The van der Waals surface area contributed by atoms with E-state index in [1.165, 1.54) is 154 Å². The van der Waals surface area contributed by atoms with Crippen LogP contribution in [0.4, 0.5) is 0 Å². The Kier molecular flexibility index (Phi) is 22.1. The van der Waals surface area contributed by atoms with Gasteiger partial charge < -0.3 is 0 Å². The fourth-order valence-corrected chi connectivity index (χ4v) is 54.0. The van der Waals surface area contributed by atoms with Gasteiger partial charge in [0.1, 0.15) is 0 Å². The van der Waals surface area contributed by atoms with E-state index in [2.05, 4.69) is 331 Å². The van der Waals surface area contributed by atoms with Crippen LogP contribution in [0.5, 0.6) is 0 Å². The molecule has 0 saturated carbocycles. The molecule has 118 heavy (non-hydrogen) atoms. The molecule has 4 heteroatoms. The summed E-state index contributed by atoms with van der Waals surface area (Å²) in [4.78, 5) is 0. The standard InChI is InChI=1S/C114H162Si4/c1-33-107(34-2)71-111(41-9,42-10)91-83(107)63-79-87(103(25,26)67-99(79,17)18)95(91)115(75-55-51-49-52-56-75)117(97-89-81(101(21,22)69-105(89,29)30)65-85-93(97)113(45-13,46-14)73-109(85,37-5)38-6)77-59-61-78(62-60-77)118(98-90-82(102(23,24)70-106(90,31)32)66-86-94(98)114(47-15,48-16)74-110(86,39-7)40-8)116(76-57-53-50-54-58-76)96-88-80(100(19,20)68-104(88,27)28)64-84-92(96)112(43-11,44-12)72-108(84,35-3)36-4/h49-66H,33-48,67-74H2,1-32H3/b117-115-,118-116+. The molecule has 7 aromatic rings. The van der Waals surface area contributed by atoms with Gasteiger partial charge in [0.15, 0.2) is 0 Å². The topological polar surface area (TPSA) is 0 Å². The zero-order valence-corrected chi connectivity index (χ0v) is 85.4. The third-order valence-electron chi connectivity index (χ3n) is 37.5. The van der Waals surface area contributed by atoms with Gasteiger partial charge in [0.25, 0.3) is 0 Å². The number of hydrogen-bond acceptors (Lipinski definition) is 0. The van der Waals surface area contributed by atoms with Crippen LogP contribution < -0.4 is 41.5 Å². The zero-order chi connectivity index (χ0) is 85.9. The van der Waals surface area contributed by atoms with Crippen molar-refractivity contribution in [2.75, 3.05) is 0 Å². The summed E-state index contributed by atoms with van der Waals surface area (Å²) in [5.74, 6) is 0. The first-order valence-corrected chi connectivity index (χ1v) is 57.1. The quantitative estimate of drug-likeness (QED) is 0.0529. The van der Waals surface area contributed by atoms with Gasteiger partial charge in [-0.1, -0.05) is 331 Å². The van der Waals surface area contributed by atoms with Crippen molar-refractivity contribution in [2.45, 2.75) is 462 Å². The normalized spacial score (nSPS) is 23.2. The van der Waals surface area contributed by atoms with Crippen LogP contribution in [0.15, 0.2) is 109 Å². The maximum absolute atomic E-state index is 3.03. The minimum Gasteiger partial charge on any atom is -0.0645 e. The first kappa shape index (κ1) is 88.3. The Labute approximate surface area is 728 Å². The lowest BCUT2D eigenvalue weighted by atomic mass is 9.71. The number of rotatable bonds is 24. The number of hydrogen-bond donors (Lipinski definition) is 0. The molecule has 0 radical (unpaired) electrons. The Morgan fingerprint density at radius 3 is 0.500 bits per heavy atom. The van der Waals surface area contributed by atoms with Gasteiger partial charge in [-0.15, -0.1) is 0 Å². The fourth-order valence-electron chi connectivity index (χ4n) is 31.6. The van der Waals surface area contributed by atoms with Crippen molar-refractivity contribution in [3.05, 3.63) is 198 Å². The molecule has 0 fully saturated rings. The van der Waals surface area contributed by atoms with Gasteiger partial charge >= 0.3 is 0 Å². The van der Waals surface area contributed by atoms with Crippen LogP contribution in [0.3, 0.4) is 0 Å². The zero-order valence-electron chi connectivity index (χ0n) is 81.4. The van der Waals surface area contributed by atoms with E-state index in [0.29, 0.717) is 0 Å². The predicted molar refractivity (Wildman–Crippen MR) is 524 cm³/mol. The van der Waals surface area contributed by atoms with Crippen molar-refractivity contribution in [1.82, 2.24) is 0 Å². The maximum atomic E-state index is 3.03. The Bertz CT molecular complexity index is 4840. The van der Waals surface area contributed by atoms with Crippen molar-refractivity contribution >= 4 is 73.1 Å². The molecule has 0 aromatic heterocycles. The highest BCUT2D eigenvalue weighted by molar-refractivity contribution is 7.20. The average molecular weight is 1640 g/mol. The molecular weight excluding hydrogens is 1480 g/mol. The average Bonchev–Trinajstić information content (AvgIpc) is 1.51. The molecule has 7 aromatic carbocycles. The summed E-state index contributed by atoms with van der Waals surface area (Å²) in [6.45, 7) is 85.5. The van der Waals surface area contributed by atoms with Gasteiger partial charge in [-0.3, -0.25) is 0 Å². The van der Waals surface area contributed by atoms with Crippen molar-refractivity contribution in [3.63, 3.8) is 0 Å². The molecule has 0 atom stereocenters. The number of benzene rings is 7. The lowest BCUT2D eigenvalue weighted by molar-refractivity contribution is 0.284. The van der Waals surface area contributed by atoms with Gasteiger partial charge in [-0.05, 0) is 371 Å². The minimum atomic E-state index is -1.90. The third kappa shape index (κ3) is 12.2. The lowest BCUT2D eigenvalue weighted by Crippen LogP contribution is -2.59. The molecule has 0 unspecified atom stereocenters. The Morgan fingerprint density at radius 1 is 0.178 bits per heavy atom. The second-order valence-electron chi connectivity index (χ2n) is 46.6. The summed E-state index contributed by atoms with van der Waals surface area (Å²) in [7, 11) is -7.47. The van der Waals surface area contributed by atoms with Gasteiger partial charge in [0.2, 0.25) is 0 Å². The summed E-state index contributed by atoms with van der Waals surface area (Å²) in [5, 5.41) is 14.3. The van der Waals surface area contributed by atoms with E-state index in [1.807, 2.05) is 43.0 Å². The van der Waals surface area contributed by atoms with Crippen LogP contribution in [0.1, 0.15) is 465 Å². The molecule has 0 aliphatic heterocycles. The molecule has 634 valence electrons. The van der Waals surface area contributed by atoms with E-state index in [9.17, 15) is 0 Å². The minimum absolute atomic E-state index is 0.00632. The smallest absolute Gasteiger partial charge is 0.0645 e. The van der Waals surface area contributed by atoms with Gasteiger partial charge in [-0.25, -0.2) is 0 Å². The summed E-state index contributed by atoms with van der Waals surface area (Å²) < 4.78 is 0. The predicted octanol–water partition coefficient (Wildman–Crippen LogP) is 25.6. The highest BCUT2D eigenvalue weighted by atomic mass is 28.9. The SMILES string of the molecule is CCC1(CC)CC(CC)(CC)c2c1cc1c(c2/[Si](c2ccccc2)=[Si](/c2ccc(/[Si](c3c4c(cc5c3C(CC)(CC)CC5(CC)CC)C(C)(C)CC4(C)C)=[Si](/c3ccccc3)c3c4c(cc5c3C(CC)(CC)CC5(CC)CC)C(C)(C)CC4(C)C)cc2)c2c3c(cc4c2C(CC)(CC)CC4(CC)CC)C(C)(C)CC3(C)C)C(C)(C)CC1(C)C. The molecule has 0 amide bonds. The largest absolute Gasteiger partial charge is 0.0694 e. The molecule has 0 nitrogen and oxygen atoms in total. The Hall–Kier alpha value is -4.59. The van der Waals surface area contributed by atoms with E-state index in [0.717, 1.165) is 0 Å². The third-order valence-corrected chi connectivity index (χ3v) is 55.6. The molecule has 0 N–H and O–H groups in total. The van der Waals surface area contributed by atoms with Crippen molar-refractivity contribution < 1.29 is 0 Å². The summed E-state index contributed by atoms with van der Waals surface area (Å²) >= 11 is 0. The van der Waals surface area contributed by atoms with E-state index >= 15 is 0 Å². The molecular formula is C114H162Si4. The molecule has 8 aliphatic rings. The highest BCUT2D eigenvalue weighted by Gasteiger charge is 2.62. The second kappa shape index (κ2) is 29.5. The lowest BCUT2D eigenvalue weighted by Gasteiger charge is -2.38. The Morgan fingerprint density at radius 2 is 0.339 bits per heavy atom. The molecule has 0 bridgehead atoms. The first-order chi connectivity index (χ1) is 55.4. The van der Waals surface area contributed by atoms with E-state index in [-0.39, 0.29) is 86.6 Å². The maximum Gasteiger partial charge on any atom is 0.0694 e. The van der Waals surface area contributed by atoms with Crippen LogP contribution in [-0.2, 0) is 86.6 Å². The second-order valence-corrected chi connectivity index (χ2v) is 59.9. The van der Waals surface area contributed by atoms with Crippen LogP contribution in [0.25, 0.3) is 0 Å². The molecule has 0 spiro atoms. The van der Waals surface area contributed by atoms with Crippen LogP contribution >= 0.6 is 0 Å². The molecule has 0 saturated heterocycles. The van der Waals surface area contributed by atoms with Gasteiger partial charge in [0, 0.05) is 0 Å². The van der Waals surface area contributed by atoms with Crippen LogP contribution in [0, 0.1) is 0 Å². The van der Waals surface area contributed by atoms with Gasteiger partial charge in [0.05, 0.1) is 31.6 Å². The number of fused-ring (bicyclic) bond motifs is 8. The monoisotopic (exact) mass is 1640 g/mol. The van der Waals surface area contributed by atoms with Crippen LogP contribution in [-0.4, -0.2) is 31.6 Å². The molecule has 0 heterocycles. The van der Waals surface area contributed by atoms with E-state index in [4.69, 9.17) is 0 Å². The molecule has 15 rings (SSSR count). The van der Waals surface area contributed by atoms with Crippen molar-refractivity contribution in [2.24, 2.45) is 0 Å². The Balaban J connectivity index is 1.26. The van der Waals surface area contributed by atoms with Crippen LogP contribution in [0.2, 0.25) is 0 Å².